The Labute approximate surface area is 224 Å². The van der Waals surface area contributed by atoms with Crippen LogP contribution in [0.4, 0.5) is 0 Å². The largest absolute Gasteiger partial charge is 0.354 e. The van der Waals surface area contributed by atoms with Crippen LogP contribution in [0.25, 0.3) is 0 Å². The first kappa shape index (κ1) is 27.8. The molecule has 2 amide bonds. The molecular weight excluding hydrogens is 491 g/mol. The number of carbonyl (C=O) groups is 2. The summed E-state index contributed by atoms with van der Waals surface area (Å²) < 4.78 is 0. The highest BCUT2D eigenvalue weighted by Gasteiger charge is 2.31. The number of nitrogens with one attached hydrogen (secondary N) is 1. The minimum Gasteiger partial charge on any atom is -0.354 e. The molecule has 0 heterocycles. The number of hydrogen-bond donors (Lipinski definition) is 1. The van der Waals surface area contributed by atoms with Gasteiger partial charge in [0.05, 0.1) is 0 Å². The molecule has 190 valence electrons. The normalized spacial score (nSPS) is 11.8. The quantitative estimate of drug-likeness (QED) is 0.254. The summed E-state index contributed by atoms with van der Waals surface area (Å²) in [5.41, 5.74) is 2.74. The first-order valence-corrected chi connectivity index (χ1v) is 13.3. The molecule has 3 rings (SSSR count). The van der Waals surface area contributed by atoms with Crippen molar-refractivity contribution in [1.29, 1.82) is 0 Å². The molecule has 0 aliphatic carbocycles. The average molecular weight is 526 g/mol. The summed E-state index contributed by atoms with van der Waals surface area (Å²) >= 11 is 13.0. The van der Waals surface area contributed by atoms with Crippen molar-refractivity contribution in [3.05, 3.63) is 106 Å². The second-order valence-electron chi connectivity index (χ2n) is 8.87. The number of amides is 2. The lowest BCUT2D eigenvalue weighted by Crippen LogP contribution is -2.49. The second kappa shape index (κ2) is 14.1. The summed E-state index contributed by atoms with van der Waals surface area (Å²) in [6.45, 7) is 4.74. The van der Waals surface area contributed by atoms with Gasteiger partial charge in [0, 0.05) is 41.0 Å². The zero-order valence-electron chi connectivity index (χ0n) is 20.9. The Balaban J connectivity index is 1.96. The van der Waals surface area contributed by atoms with Crippen LogP contribution in [-0.2, 0) is 16.1 Å². The monoisotopic (exact) mass is 524 g/mol. The van der Waals surface area contributed by atoms with E-state index >= 15 is 0 Å². The number of hydrogen-bond acceptors (Lipinski definition) is 2. The first-order chi connectivity index (χ1) is 17.5. The maximum absolute atomic E-state index is 14.0. The van der Waals surface area contributed by atoms with E-state index in [1.54, 1.807) is 23.1 Å². The molecule has 3 aromatic carbocycles. The molecule has 0 unspecified atom stereocenters. The topological polar surface area (TPSA) is 49.4 Å². The van der Waals surface area contributed by atoms with Crippen LogP contribution in [0.2, 0.25) is 10.0 Å². The Hall–Kier alpha value is -2.82. The third-order valence-corrected chi connectivity index (χ3v) is 7.10. The van der Waals surface area contributed by atoms with Crippen molar-refractivity contribution >= 4 is 35.0 Å². The maximum atomic E-state index is 14.0. The summed E-state index contributed by atoms with van der Waals surface area (Å²) in [5.74, 6) is -0.426. The van der Waals surface area contributed by atoms with Gasteiger partial charge in [0.25, 0.3) is 0 Å². The van der Waals surface area contributed by atoms with Crippen LogP contribution >= 0.6 is 23.2 Å². The van der Waals surface area contributed by atoms with Crippen molar-refractivity contribution in [2.24, 2.45) is 0 Å². The van der Waals surface area contributed by atoms with Crippen molar-refractivity contribution in [2.75, 3.05) is 6.54 Å². The number of halogens is 2. The lowest BCUT2D eigenvalue weighted by molar-refractivity contribution is -0.141. The van der Waals surface area contributed by atoms with Crippen LogP contribution in [0.5, 0.6) is 0 Å². The van der Waals surface area contributed by atoms with E-state index in [1.165, 1.54) is 0 Å². The lowest BCUT2D eigenvalue weighted by atomic mass is 9.88. The van der Waals surface area contributed by atoms with Crippen molar-refractivity contribution in [3.63, 3.8) is 0 Å². The fraction of sp³-hybridized carbons (Fsp3) is 0.333. The van der Waals surface area contributed by atoms with E-state index in [1.807, 2.05) is 67.6 Å². The van der Waals surface area contributed by atoms with Gasteiger partial charge in [0.2, 0.25) is 11.8 Å². The molecule has 0 aliphatic rings. The van der Waals surface area contributed by atoms with Crippen molar-refractivity contribution in [2.45, 2.75) is 58.0 Å². The van der Waals surface area contributed by atoms with Gasteiger partial charge in [0.1, 0.15) is 6.04 Å². The predicted octanol–water partition coefficient (Wildman–Crippen LogP) is 7.24. The molecule has 1 atom stereocenters. The molecular formula is C30H34Cl2N2O2. The maximum Gasteiger partial charge on any atom is 0.242 e. The molecule has 1 N–H and O–H groups in total. The number of carbonyl (C=O) groups excluding carboxylic acids is 2. The fourth-order valence-electron chi connectivity index (χ4n) is 4.37. The van der Waals surface area contributed by atoms with E-state index in [9.17, 15) is 9.59 Å². The molecule has 0 bridgehead atoms. The highest BCUT2D eigenvalue weighted by molar-refractivity contribution is 6.36. The van der Waals surface area contributed by atoms with Gasteiger partial charge in [-0.2, -0.15) is 0 Å². The van der Waals surface area contributed by atoms with Gasteiger partial charge in [-0.1, -0.05) is 110 Å². The fourth-order valence-corrected chi connectivity index (χ4v) is 4.89. The van der Waals surface area contributed by atoms with E-state index in [4.69, 9.17) is 23.2 Å². The van der Waals surface area contributed by atoms with Crippen molar-refractivity contribution < 1.29 is 9.59 Å². The Morgan fingerprint density at radius 2 is 1.39 bits per heavy atom. The van der Waals surface area contributed by atoms with Gasteiger partial charge in [-0.25, -0.2) is 0 Å². The van der Waals surface area contributed by atoms with Crippen LogP contribution in [0.15, 0.2) is 78.9 Å². The molecule has 0 saturated carbocycles. The van der Waals surface area contributed by atoms with Crippen molar-refractivity contribution in [1.82, 2.24) is 10.2 Å². The van der Waals surface area contributed by atoms with Crippen LogP contribution < -0.4 is 5.32 Å². The van der Waals surface area contributed by atoms with E-state index in [0.29, 0.717) is 28.6 Å². The highest BCUT2D eigenvalue weighted by Crippen LogP contribution is 2.31. The van der Waals surface area contributed by atoms with Gasteiger partial charge >= 0.3 is 0 Å². The van der Waals surface area contributed by atoms with Crippen LogP contribution in [-0.4, -0.2) is 29.3 Å². The van der Waals surface area contributed by atoms with E-state index in [-0.39, 0.29) is 30.7 Å². The number of nitrogens with zero attached hydrogens (tertiary/aromatic N) is 1. The first-order valence-electron chi connectivity index (χ1n) is 12.6. The Bertz CT molecular complexity index is 1060. The Morgan fingerprint density at radius 3 is 1.89 bits per heavy atom. The predicted molar refractivity (Wildman–Crippen MR) is 148 cm³/mol. The van der Waals surface area contributed by atoms with Crippen LogP contribution in [0.3, 0.4) is 0 Å². The molecule has 0 radical (unpaired) electrons. The number of rotatable bonds is 12. The van der Waals surface area contributed by atoms with Gasteiger partial charge in [-0.05, 0) is 36.1 Å². The SMILES string of the molecule is CCCCNC(=O)[C@@H](CC)N(Cc1c(Cl)cccc1Cl)C(=O)CC(c1ccccc1)c1ccccc1. The third kappa shape index (κ3) is 7.35. The van der Waals surface area contributed by atoms with Crippen LogP contribution in [0.1, 0.15) is 62.1 Å². The summed E-state index contributed by atoms with van der Waals surface area (Å²) in [5, 5.41) is 3.96. The van der Waals surface area contributed by atoms with Gasteiger partial charge < -0.3 is 10.2 Å². The summed E-state index contributed by atoms with van der Waals surface area (Å²) in [6.07, 6.45) is 2.56. The second-order valence-corrected chi connectivity index (χ2v) is 9.68. The molecule has 36 heavy (non-hydrogen) atoms. The molecule has 0 spiro atoms. The average Bonchev–Trinajstić information content (AvgIpc) is 2.90. The Morgan fingerprint density at radius 1 is 0.833 bits per heavy atom. The standard InChI is InChI=1S/C30H34Cl2N2O2/c1-3-5-19-33-30(36)28(4-2)34(21-25-26(31)17-12-18-27(25)32)29(35)20-24(22-13-8-6-9-14-22)23-15-10-7-11-16-23/h6-18,24,28H,3-5,19-21H2,1-2H3,(H,33,36)/t28-/m1/s1. The summed E-state index contributed by atoms with van der Waals surface area (Å²) in [6, 6.07) is 24.6. The zero-order chi connectivity index (χ0) is 25.9. The van der Waals surface area contributed by atoms with Gasteiger partial charge in [-0.3, -0.25) is 9.59 Å². The summed E-state index contributed by atoms with van der Waals surface area (Å²) in [4.78, 5) is 28.9. The molecule has 0 aromatic heterocycles. The molecule has 4 nitrogen and oxygen atoms in total. The molecule has 6 heteroatoms. The lowest BCUT2D eigenvalue weighted by Gasteiger charge is -2.32. The minimum atomic E-state index is -0.631. The highest BCUT2D eigenvalue weighted by atomic mass is 35.5. The van der Waals surface area contributed by atoms with E-state index < -0.39 is 6.04 Å². The minimum absolute atomic E-state index is 0.124. The van der Waals surface area contributed by atoms with Crippen LogP contribution in [0, 0.1) is 0 Å². The molecule has 0 aliphatic heterocycles. The third-order valence-electron chi connectivity index (χ3n) is 6.39. The van der Waals surface area contributed by atoms with Crippen molar-refractivity contribution in [3.8, 4) is 0 Å². The number of unbranched alkanes of at least 4 members (excludes halogenated alkanes) is 1. The summed E-state index contributed by atoms with van der Waals surface area (Å²) in [7, 11) is 0. The molecule has 0 fully saturated rings. The van der Waals surface area contributed by atoms with Gasteiger partial charge in [0.15, 0.2) is 0 Å². The van der Waals surface area contributed by atoms with Gasteiger partial charge in [-0.15, -0.1) is 0 Å². The zero-order valence-corrected chi connectivity index (χ0v) is 22.4. The smallest absolute Gasteiger partial charge is 0.242 e. The van der Waals surface area contributed by atoms with E-state index in [2.05, 4.69) is 12.2 Å². The van der Waals surface area contributed by atoms with E-state index in [0.717, 1.165) is 24.0 Å². The number of benzene rings is 3. The molecule has 3 aromatic rings. The Kier molecular flexibility index (Phi) is 10.8. The molecule has 0 saturated heterocycles.